The smallest absolute Gasteiger partial charge is 0.337 e. The molecule has 36 heavy (non-hydrogen) atoms. The summed E-state index contributed by atoms with van der Waals surface area (Å²) >= 11 is 0. The normalized spacial score (nSPS) is 13.8. The maximum Gasteiger partial charge on any atom is 0.337 e. The maximum absolute atomic E-state index is 14.1. The number of methoxy groups -OCH3 is 1. The molecular weight excluding hydrogens is 466 g/mol. The number of benzene rings is 3. The minimum absolute atomic E-state index is 0.0417. The summed E-state index contributed by atoms with van der Waals surface area (Å²) in [6.45, 7) is 4.42. The Labute approximate surface area is 206 Å². The highest BCUT2D eigenvalue weighted by Gasteiger charge is 2.24. The van der Waals surface area contributed by atoms with Gasteiger partial charge in [-0.25, -0.2) is 23.1 Å². The van der Waals surface area contributed by atoms with Gasteiger partial charge in [-0.1, -0.05) is 12.1 Å². The number of hydrogen-bond acceptors (Lipinski definition) is 6. The van der Waals surface area contributed by atoms with Crippen molar-refractivity contribution < 1.29 is 18.3 Å². The molecule has 0 saturated carbocycles. The third-order valence-corrected chi connectivity index (χ3v) is 6.31. The lowest BCUT2D eigenvalue weighted by atomic mass is 10.1. The highest BCUT2D eigenvalue weighted by molar-refractivity contribution is 5.94. The van der Waals surface area contributed by atoms with Gasteiger partial charge in [-0.3, -0.25) is 4.79 Å². The van der Waals surface area contributed by atoms with Crippen LogP contribution in [-0.4, -0.2) is 48.8 Å². The number of esters is 1. The first-order chi connectivity index (χ1) is 17.3. The molecule has 0 unspecified atom stereocenters. The molecule has 1 aliphatic heterocycles. The minimum Gasteiger partial charge on any atom is -0.465 e. The van der Waals surface area contributed by atoms with Crippen LogP contribution in [0.4, 0.5) is 20.4 Å². The van der Waals surface area contributed by atoms with E-state index in [9.17, 15) is 18.4 Å². The van der Waals surface area contributed by atoms with Gasteiger partial charge in [-0.2, -0.15) is 0 Å². The molecule has 5 rings (SSSR count). The Bertz CT molecular complexity index is 1510. The average Bonchev–Trinajstić information content (AvgIpc) is 2.87. The van der Waals surface area contributed by atoms with Gasteiger partial charge in [0.1, 0.15) is 11.6 Å². The van der Waals surface area contributed by atoms with Gasteiger partial charge in [0.05, 0.1) is 29.3 Å². The van der Waals surface area contributed by atoms with E-state index in [0.717, 1.165) is 29.4 Å². The van der Waals surface area contributed by atoms with Gasteiger partial charge < -0.3 is 14.5 Å². The Morgan fingerprint density at radius 1 is 0.889 bits per heavy atom. The lowest BCUT2D eigenvalue weighted by molar-refractivity contribution is 0.0601. The van der Waals surface area contributed by atoms with Crippen molar-refractivity contribution in [1.29, 1.82) is 0 Å². The van der Waals surface area contributed by atoms with Crippen LogP contribution in [0.25, 0.3) is 16.6 Å². The molecule has 1 fully saturated rings. The number of aromatic nitrogens is 2. The second kappa shape index (κ2) is 9.41. The van der Waals surface area contributed by atoms with E-state index in [-0.39, 0.29) is 22.6 Å². The van der Waals surface area contributed by atoms with Crippen molar-refractivity contribution in [3.63, 3.8) is 0 Å². The van der Waals surface area contributed by atoms with Crippen LogP contribution >= 0.6 is 0 Å². The molecule has 2 heterocycles. The average molecular weight is 491 g/mol. The summed E-state index contributed by atoms with van der Waals surface area (Å²) in [4.78, 5) is 34.5. The Morgan fingerprint density at radius 2 is 1.58 bits per heavy atom. The van der Waals surface area contributed by atoms with Gasteiger partial charge in [0.25, 0.3) is 5.56 Å². The van der Waals surface area contributed by atoms with Crippen molar-refractivity contribution >= 4 is 28.5 Å². The Kier molecular flexibility index (Phi) is 6.13. The molecule has 1 saturated heterocycles. The van der Waals surface area contributed by atoms with E-state index in [4.69, 9.17) is 9.72 Å². The number of hydrogen-bond donors (Lipinski definition) is 0. The van der Waals surface area contributed by atoms with Crippen LogP contribution in [0.15, 0.2) is 65.5 Å². The van der Waals surface area contributed by atoms with Crippen molar-refractivity contribution in [3.05, 3.63) is 93.8 Å². The molecule has 0 amide bonds. The lowest BCUT2D eigenvalue weighted by Gasteiger charge is -2.37. The topological polar surface area (TPSA) is 67.7 Å². The number of fused-ring (bicyclic) bond motifs is 1. The van der Waals surface area contributed by atoms with Crippen LogP contribution in [0.2, 0.25) is 0 Å². The largest absolute Gasteiger partial charge is 0.465 e. The summed E-state index contributed by atoms with van der Waals surface area (Å²) in [5, 5.41) is 0.217. The molecule has 0 aliphatic carbocycles. The molecule has 9 heteroatoms. The zero-order chi connectivity index (χ0) is 25.4. The molecule has 4 aromatic rings. The Balaban J connectivity index is 1.61. The predicted molar refractivity (Wildman–Crippen MR) is 134 cm³/mol. The fraction of sp³-hybridized carbons (Fsp3) is 0.222. The number of halogens is 2. The third kappa shape index (κ3) is 4.39. The molecule has 0 bridgehead atoms. The summed E-state index contributed by atoms with van der Waals surface area (Å²) in [5.41, 5.74) is 2.37. The van der Waals surface area contributed by atoms with Crippen LogP contribution in [-0.2, 0) is 4.74 Å². The summed E-state index contributed by atoms with van der Waals surface area (Å²) in [6, 6.07) is 15.6. The van der Waals surface area contributed by atoms with Crippen LogP contribution < -0.4 is 15.4 Å². The molecule has 0 radical (unpaired) electrons. The standard InChI is InChI=1S/C27H24F2N4O3/c1-17-4-3-5-21(12-17)31-8-10-32(11-9-31)27-30-24-13-18(26(35)36-2)6-7-23(24)25(34)33(27)22-15-19(28)14-20(29)16-22/h3-7,12-16H,8-11H2,1-2H3. The number of aryl methyl sites for hydroxylation is 1. The number of ether oxygens (including phenoxy) is 1. The van der Waals surface area contributed by atoms with E-state index in [0.29, 0.717) is 31.7 Å². The molecule has 1 aromatic heterocycles. The van der Waals surface area contributed by atoms with Crippen LogP contribution in [0.5, 0.6) is 0 Å². The van der Waals surface area contributed by atoms with E-state index in [1.54, 1.807) is 0 Å². The molecule has 1 aliphatic rings. The second-order valence-corrected chi connectivity index (χ2v) is 8.72. The van der Waals surface area contributed by atoms with Crippen LogP contribution in [0, 0.1) is 18.6 Å². The number of anilines is 2. The van der Waals surface area contributed by atoms with Crippen molar-refractivity contribution in [2.75, 3.05) is 43.1 Å². The van der Waals surface area contributed by atoms with Gasteiger partial charge >= 0.3 is 5.97 Å². The number of rotatable bonds is 4. The number of piperazine rings is 1. The summed E-state index contributed by atoms with van der Waals surface area (Å²) in [7, 11) is 1.27. The first kappa shape index (κ1) is 23.5. The first-order valence-electron chi connectivity index (χ1n) is 11.5. The molecule has 3 aromatic carbocycles. The monoisotopic (exact) mass is 490 g/mol. The Hall–Kier alpha value is -4.27. The molecular formula is C27H24F2N4O3. The van der Waals surface area contributed by atoms with Gasteiger partial charge in [0, 0.05) is 37.9 Å². The second-order valence-electron chi connectivity index (χ2n) is 8.72. The van der Waals surface area contributed by atoms with Crippen molar-refractivity contribution in [2.24, 2.45) is 0 Å². The summed E-state index contributed by atoms with van der Waals surface area (Å²) in [6.07, 6.45) is 0. The van der Waals surface area contributed by atoms with E-state index < -0.39 is 23.2 Å². The van der Waals surface area contributed by atoms with Gasteiger partial charge in [0.15, 0.2) is 0 Å². The van der Waals surface area contributed by atoms with E-state index >= 15 is 0 Å². The lowest BCUT2D eigenvalue weighted by Crippen LogP contribution is -2.48. The Morgan fingerprint density at radius 3 is 2.25 bits per heavy atom. The van der Waals surface area contributed by atoms with Crippen LogP contribution in [0.1, 0.15) is 15.9 Å². The molecule has 0 spiro atoms. The highest BCUT2D eigenvalue weighted by Crippen LogP contribution is 2.25. The van der Waals surface area contributed by atoms with E-state index in [1.807, 2.05) is 24.0 Å². The highest BCUT2D eigenvalue weighted by atomic mass is 19.1. The number of carbonyl (C=O) groups excluding carboxylic acids is 1. The molecule has 7 nitrogen and oxygen atoms in total. The van der Waals surface area contributed by atoms with Crippen molar-refractivity contribution in [2.45, 2.75) is 6.92 Å². The predicted octanol–water partition coefficient (Wildman–Crippen LogP) is 4.09. The zero-order valence-corrected chi connectivity index (χ0v) is 19.9. The SMILES string of the molecule is COC(=O)c1ccc2c(=O)n(-c3cc(F)cc(F)c3)c(N3CCN(c4cccc(C)c4)CC3)nc2c1. The van der Waals surface area contributed by atoms with Gasteiger partial charge in [-0.15, -0.1) is 0 Å². The van der Waals surface area contributed by atoms with E-state index in [2.05, 4.69) is 17.0 Å². The molecule has 0 atom stereocenters. The minimum atomic E-state index is -0.798. The van der Waals surface area contributed by atoms with Gasteiger partial charge in [-0.05, 0) is 55.0 Å². The zero-order valence-electron chi connectivity index (χ0n) is 19.9. The summed E-state index contributed by atoms with van der Waals surface area (Å²) in [5.74, 6) is -1.90. The van der Waals surface area contributed by atoms with Gasteiger partial charge in [0.2, 0.25) is 5.95 Å². The molecule has 0 N–H and O–H groups in total. The van der Waals surface area contributed by atoms with Crippen molar-refractivity contribution in [1.82, 2.24) is 9.55 Å². The first-order valence-corrected chi connectivity index (χ1v) is 11.5. The third-order valence-electron chi connectivity index (χ3n) is 6.31. The van der Waals surface area contributed by atoms with Crippen LogP contribution in [0.3, 0.4) is 0 Å². The quantitative estimate of drug-likeness (QED) is 0.402. The maximum atomic E-state index is 14.1. The fourth-order valence-corrected chi connectivity index (χ4v) is 4.52. The number of carbonyl (C=O) groups is 1. The fourth-order valence-electron chi connectivity index (χ4n) is 4.52. The molecule has 184 valence electrons. The summed E-state index contributed by atoms with van der Waals surface area (Å²) < 4.78 is 34.3. The van der Waals surface area contributed by atoms with E-state index in [1.165, 1.54) is 29.9 Å². The van der Waals surface area contributed by atoms with Crippen molar-refractivity contribution in [3.8, 4) is 5.69 Å². The number of nitrogens with zero attached hydrogens (tertiary/aromatic N) is 4.